The van der Waals surface area contributed by atoms with Crippen molar-refractivity contribution < 1.29 is 19.3 Å². The molecule has 0 unspecified atom stereocenters. The normalized spacial score (nSPS) is 10.8. The molecule has 0 radical (unpaired) electrons. The van der Waals surface area contributed by atoms with E-state index in [-0.39, 0.29) is 5.88 Å². The number of fused-ring (bicyclic) bond motifs is 1. The number of anilines is 2. The number of aromatic hydroxyl groups is 1. The summed E-state index contributed by atoms with van der Waals surface area (Å²) < 4.78 is 17.8. The largest absolute Gasteiger partial charge is 0.497 e. The smallest absolute Gasteiger partial charge is 0.202 e. The van der Waals surface area contributed by atoms with Crippen molar-refractivity contribution >= 4 is 34.0 Å². The van der Waals surface area contributed by atoms with Crippen LogP contribution in [0.25, 0.3) is 10.9 Å². The first-order valence-electron chi connectivity index (χ1n) is 9.53. The molecule has 2 heterocycles. The van der Waals surface area contributed by atoms with Crippen LogP contribution in [0.4, 0.5) is 11.5 Å². The zero-order chi connectivity index (χ0) is 22.0. The van der Waals surface area contributed by atoms with Gasteiger partial charge in [-0.15, -0.1) is 0 Å². The van der Waals surface area contributed by atoms with E-state index in [9.17, 15) is 5.11 Å². The van der Waals surface area contributed by atoms with E-state index in [2.05, 4.69) is 10.3 Å². The Morgan fingerprint density at radius 2 is 1.74 bits per heavy atom. The first kappa shape index (κ1) is 20.7. The molecule has 7 nitrogen and oxygen atoms in total. The molecule has 8 heteroatoms. The van der Waals surface area contributed by atoms with Gasteiger partial charge in [0.25, 0.3) is 0 Å². The number of hydrogen-bond donors (Lipinski definition) is 2. The third-order valence-corrected chi connectivity index (χ3v) is 5.32. The second-order valence-corrected chi connectivity index (χ2v) is 7.23. The van der Waals surface area contributed by atoms with E-state index in [1.807, 2.05) is 30.3 Å². The van der Waals surface area contributed by atoms with Gasteiger partial charge in [0, 0.05) is 12.3 Å². The molecule has 0 fully saturated rings. The Kier molecular flexibility index (Phi) is 5.77. The Morgan fingerprint density at radius 1 is 1.00 bits per heavy atom. The summed E-state index contributed by atoms with van der Waals surface area (Å²) in [5.74, 6) is 2.54. The summed E-state index contributed by atoms with van der Waals surface area (Å²) in [5.41, 5.74) is 2.23. The summed E-state index contributed by atoms with van der Waals surface area (Å²) >= 11 is 6.34. The van der Waals surface area contributed by atoms with Crippen molar-refractivity contribution in [2.75, 3.05) is 26.6 Å². The van der Waals surface area contributed by atoms with Crippen LogP contribution in [-0.4, -0.2) is 36.0 Å². The summed E-state index contributed by atoms with van der Waals surface area (Å²) in [6, 6.07) is 14.7. The van der Waals surface area contributed by atoms with Crippen molar-refractivity contribution in [1.29, 1.82) is 0 Å². The van der Waals surface area contributed by atoms with Crippen molar-refractivity contribution in [3.05, 3.63) is 65.3 Å². The first-order chi connectivity index (χ1) is 15.0. The van der Waals surface area contributed by atoms with Crippen molar-refractivity contribution in [2.45, 2.75) is 6.54 Å². The maximum atomic E-state index is 11.0. The van der Waals surface area contributed by atoms with E-state index < -0.39 is 0 Å². The molecule has 2 aromatic carbocycles. The molecule has 0 saturated heterocycles. The second kappa shape index (κ2) is 8.65. The van der Waals surface area contributed by atoms with Gasteiger partial charge in [0.15, 0.2) is 0 Å². The molecule has 0 atom stereocenters. The van der Waals surface area contributed by atoms with Crippen LogP contribution < -0.4 is 19.5 Å². The number of ether oxygens (including phenoxy) is 3. The molecule has 4 rings (SSSR count). The van der Waals surface area contributed by atoms with Crippen LogP contribution in [0.2, 0.25) is 5.02 Å². The number of halogens is 1. The van der Waals surface area contributed by atoms with Gasteiger partial charge >= 0.3 is 0 Å². The van der Waals surface area contributed by atoms with Gasteiger partial charge in [-0.2, -0.15) is 0 Å². The van der Waals surface area contributed by atoms with Gasteiger partial charge in [0.1, 0.15) is 28.6 Å². The lowest BCUT2D eigenvalue weighted by Gasteiger charge is -2.16. The van der Waals surface area contributed by atoms with Crippen LogP contribution in [-0.2, 0) is 6.54 Å². The van der Waals surface area contributed by atoms with Crippen molar-refractivity contribution in [1.82, 2.24) is 9.55 Å². The fourth-order valence-corrected chi connectivity index (χ4v) is 3.67. The molecule has 0 saturated carbocycles. The lowest BCUT2D eigenvalue weighted by molar-refractivity contribution is 0.395. The fourth-order valence-electron chi connectivity index (χ4n) is 3.43. The van der Waals surface area contributed by atoms with Crippen molar-refractivity contribution in [3.8, 4) is 23.1 Å². The van der Waals surface area contributed by atoms with Crippen molar-refractivity contribution in [3.63, 3.8) is 0 Å². The predicted octanol–water partition coefficient (Wildman–Crippen LogP) is 5.21. The third kappa shape index (κ3) is 3.92. The molecule has 4 aromatic rings. The lowest BCUT2D eigenvalue weighted by Crippen LogP contribution is -2.05. The summed E-state index contributed by atoms with van der Waals surface area (Å²) in [4.78, 5) is 4.48. The highest BCUT2D eigenvalue weighted by Gasteiger charge is 2.20. The standard InChI is InChI=1S/C23H22ClN3O4/c1-29-15-8-6-14(7-9-15)13-27-22(21-16(23(27)28)5-4-10-25-21)26-18-11-17(24)19(30-2)12-20(18)31-3/h4-12,26,28H,13H2,1-3H3. The van der Waals surface area contributed by atoms with Gasteiger partial charge in [-0.1, -0.05) is 23.7 Å². The van der Waals surface area contributed by atoms with Crippen LogP contribution >= 0.6 is 11.6 Å². The Labute approximate surface area is 184 Å². The highest BCUT2D eigenvalue weighted by molar-refractivity contribution is 6.32. The topological polar surface area (TPSA) is 77.8 Å². The quantitative estimate of drug-likeness (QED) is 0.411. The average Bonchev–Trinajstić information content (AvgIpc) is 3.06. The van der Waals surface area contributed by atoms with E-state index in [4.69, 9.17) is 25.8 Å². The van der Waals surface area contributed by atoms with Crippen LogP contribution in [0.5, 0.6) is 23.1 Å². The van der Waals surface area contributed by atoms with Gasteiger partial charge in [-0.3, -0.25) is 9.55 Å². The first-order valence-corrected chi connectivity index (χ1v) is 9.91. The second-order valence-electron chi connectivity index (χ2n) is 6.82. The summed E-state index contributed by atoms with van der Waals surface area (Å²) in [6.07, 6.45) is 1.68. The molecule has 0 aliphatic carbocycles. The minimum atomic E-state index is 0.111. The minimum Gasteiger partial charge on any atom is -0.497 e. The zero-order valence-electron chi connectivity index (χ0n) is 17.3. The molecule has 31 heavy (non-hydrogen) atoms. The van der Waals surface area contributed by atoms with Crippen molar-refractivity contribution in [2.24, 2.45) is 0 Å². The van der Waals surface area contributed by atoms with Gasteiger partial charge in [0.05, 0.1) is 44.0 Å². The number of rotatable bonds is 7. The molecule has 0 aliphatic heterocycles. The number of aromatic nitrogens is 2. The molecule has 0 spiro atoms. The number of nitrogens with zero attached hydrogens (tertiary/aromatic N) is 2. The zero-order valence-corrected chi connectivity index (χ0v) is 18.1. The average molecular weight is 440 g/mol. The monoisotopic (exact) mass is 439 g/mol. The van der Waals surface area contributed by atoms with Gasteiger partial charge in [-0.05, 0) is 35.9 Å². The third-order valence-electron chi connectivity index (χ3n) is 5.03. The van der Waals surface area contributed by atoms with Gasteiger partial charge < -0.3 is 24.6 Å². The molecule has 2 N–H and O–H groups in total. The Bertz CT molecular complexity index is 1220. The molecule has 0 amide bonds. The molecular formula is C23H22ClN3O4. The number of nitrogens with one attached hydrogen (secondary N) is 1. The molecule has 2 aromatic heterocycles. The number of methoxy groups -OCH3 is 3. The van der Waals surface area contributed by atoms with E-state index in [0.29, 0.717) is 45.5 Å². The van der Waals surface area contributed by atoms with E-state index in [1.54, 1.807) is 50.3 Å². The Balaban J connectivity index is 1.81. The Hall–Kier alpha value is -3.58. The molecule has 0 bridgehead atoms. The lowest BCUT2D eigenvalue weighted by atomic mass is 10.2. The van der Waals surface area contributed by atoms with Gasteiger partial charge in [0.2, 0.25) is 5.88 Å². The fraction of sp³-hybridized carbons (Fsp3) is 0.174. The number of benzene rings is 2. The SMILES string of the molecule is COc1ccc(Cn2c(O)c3cccnc3c2Nc2cc(Cl)c(OC)cc2OC)cc1. The van der Waals surface area contributed by atoms with Crippen LogP contribution in [0.15, 0.2) is 54.7 Å². The highest BCUT2D eigenvalue weighted by atomic mass is 35.5. The highest BCUT2D eigenvalue weighted by Crippen LogP contribution is 2.41. The summed E-state index contributed by atoms with van der Waals surface area (Å²) in [5, 5.41) is 15.4. The molecule has 160 valence electrons. The summed E-state index contributed by atoms with van der Waals surface area (Å²) in [6.45, 7) is 0.417. The van der Waals surface area contributed by atoms with E-state index in [0.717, 1.165) is 11.3 Å². The van der Waals surface area contributed by atoms with Crippen LogP contribution in [0.3, 0.4) is 0 Å². The number of pyridine rings is 1. The van der Waals surface area contributed by atoms with E-state index >= 15 is 0 Å². The predicted molar refractivity (Wildman–Crippen MR) is 121 cm³/mol. The molecular weight excluding hydrogens is 418 g/mol. The molecule has 0 aliphatic rings. The number of hydrogen-bond acceptors (Lipinski definition) is 6. The van der Waals surface area contributed by atoms with Crippen LogP contribution in [0.1, 0.15) is 5.56 Å². The maximum Gasteiger partial charge on any atom is 0.202 e. The van der Waals surface area contributed by atoms with Crippen LogP contribution in [0, 0.1) is 0 Å². The van der Waals surface area contributed by atoms with Gasteiger partial charge in [-0.25, -0.2) is 0 Å². The minimum absolute atomic E-state index is 0.111. The Morgan fingerprint density at radius 3 is 2.42 bits per heavy atom. The maximum absolute atomic E-state index is 11.0. The summed E-state index contributed by atoms with van der Waals surface area (Å²) in [7, 11) is 4.74. The van der Waals surface area contributed by atoms with E-state index in [1.165, 1.54) is 0 Å².